The molecule has 2 heterocycles. The number of nitrogens with zero attached hydrogens (tertiary/aromatic N) is 2. The number of rotatable bonds is 8. The number of amides is 2. The van der Waals surface area contributed by atoms with Gasteiger partial charge in [0.1, 0.15) is 17.2 Å². The third-order valence-corrected chi connectivity index (χ3v) is 6.09. The van der Waals surface area contributed by atoms with E-state index in [4.69, 9.17) is 4.74 Å². The van der Waals surface area contributed by atoms with Crippen molar-refractivity contribution >= 4 is 12.0 Å². The highest BCUT2D eigenvalue weighted by Gasteiger charge is 2.56. The maximum Gasteiger partial charge on any atom is 0.407 e. The maximum atomic E-state index is 13.7. The van der Waals surface area contributed by atoms with Crippen molar-refractivity contribution in [3.05, 3.63) is 66.0 Å². The fourth-order valence-corrected chi connectivity index (χ4v) is 4.38. The molecule has 34 heavy (non-hydrogen) atoms. The molecule has 1 saturated heterocycles. The number of nitrogens with one attached hydrogen (secondary N) is 2. The summed E-state index contributed by atoms with van der Waals surface area (Å²) in [7, 11) is 0. The smallest absolute Gasteiger partial charge is 0.407 e. The standard InChI is InChI=1S/C26H36N4O4/c1-18(2)26(23(32)30(17-28-26)16-20-11-13-27-14-12-20)22(31)21(15-19-9-7-6-8-10-19)29-24(33)34-25(3,4)5/h6-14,18,21-22,28,31H,15-17H2,1-5H3,(H,29,33)/t21-,22+,26-/m0/s1. The zero-order valence-electron chi connectivity index (χ0n) is 20.6. The predicted molar refractivity (Wildman–Crippen MR) is 130 cm³/mol. The summed E-state index contributed by atoms with van der Waals surface area (Å²) in [6.45, 7) is 9.84. The van der Waals surface area contributed by atoms with Crippen molar-refractivity contribution in [3.63, 3.8) is 0 Å². The number of aromatic nitrogens is 1. The molecule has 3 N–H and O–H groups in total. The van der Waals surface area contributed by atoms with Crippen LogP contribution in [-0.4, -0.2) is 56.9 Å². The minimum atomic E-state index is -1.26. The van der Waals surface area contributed by atoms with Gasteiger partial charge < -0.3 is 20.1 Å². The first-order chi connectivity index (χ1) is 16.0. The molecule has 0 saturated carbocycles. The molecule has 184 valence electrons. The van der Waals surface area contributed by atoms with Crippen LogP contribution in [0.15, 0.2) is 54.9 Å². The first kappa shape index (κ1) is 25.6. The molecular formula is C26H36N4O4. The molecule has 1 aliphatic rings. The average Bonchev–Trinajstić information content (AvgIpc) is 3.10. The van der Waals surface area contributed by atoms with E-state index in [2.05, 4.69) is 15.6 Å². The highest BCUT2D eigenvalue weighted by atomic mass is 16.6. The molecule has 0 spiro atoms. The number of carbonyl (C=O) groups excluding carboxylic acids is 2. The van der Waals surface area contributed by atoms with E-state index in [1.807, 2.05) is 56.3 Å². The van der Waals surface area contributed by atoms with Crippen molar-refractivity contribution in [2.45, 2.75) is 70.9 Å². The van der Waals surface area contributed by atoms with Gasteiger partial charge in [0.15, 0.2) is 0 Å². The Kier molecular flexibility index (Phi) is 7.94. The minimum Gasteiger partial charge on any atom is -0.444 e. The van der Waals surface area contributed by atoms with Gasteiger partial charge in [-0.25, -0.2) is 4.79 Å². The summed E-state index contributed by atoms with van der Waals surface area (Å²) in [5.74, 6) is -0.438. The molecule has 3 atom stereocenters. The van der Waals surface area contributed by atoms with E-state index in [0.717, 1.165) is 11.1 Å². The highest BCUT2D eigenvalue weighted by molar-refractivity contribution is 5.89. The minimum absolute atomic E-state index is 0.198. The molecule has 2 amide bonds. The van der Waals surface area contributed by atoms with Crippen molar-refractivity contribution in [1.82, 2.24) is 20.5 Å². The summed E-state index contributed by atoms with van der Waals surface area (Å²) < 4.78 is 5.46. The van der Waals surface area contributed by atoms with E-state index in [0.29, 0.717) is 19.6 Å². The third-order valence-electron chi connectivity index (χ3n) is 6.09. The van der Waals surface area contributed by atoms with E-state index in [1.165, 1.54) is 0 Å². The molecule has 1 aromatic carbocycles. The van der Waals surface area contributed by atoms with Crippen molar-refractivity contribution in [1.29, 1.82) is 0 Å². The maximum absolute atomic E-state index is 13.7. The zero-order valence-corrected chi connectivity index (χ0v) is 20.6. The molecule has 1 aromatic heterocycles. The van der Waals surface area contributed by atoms with E-state index < -0.39 is 29.4 Å². The molecule has 8 nitrogen and oxygen atoms in total. The third kappa shape index (κ3) is 5.93. The van der Waals surface area contributed by atoms with E-state index >= 15 is 0 Å². The van der Waals surface area contributed by atoms with Crippen LogP contribution in [0.5, 0.6) is 0 Å². The van der Waals surface area contributed by atoms with Crippen LogP contribution in [0.4, 0.5) is 4.79 Å². The number of hydrogen-bond donors (Lipinski definition) is 3. The number of ether oxygens (including phenoxy) is 1. The van der Waals surface area contributed by atoms with Crippen LogP contribution in [-0.2, 0) is 22.5 Å². The second-order valence-corrected chi connectivity index (χ2v) is 10.1. The van der Waals surface area contributed by atoms with E-state index in [1.54, 1.807) is 38.1 Å². The van der Waals surface area contributed by atoms with Crippen LogP contribution in [0.1, 0.15) is 45.7 Å². The summed E-state index contributed by atoms with van der Waals surface area (Å²) in [4.78, 5) is 32.1. The Bertz CT molecular complexity index is 962. The largest absolute Gasteiger partial charge is 0.444 e. The first-order valence-corrected chi connectivity index (χ1v) is 11.7. The van der Waals surface area contributed by atoms with Crippen molar-refractivity contribution < 1.29 is 19.4 Å². The van der Waals surface area contributed by atoms with Crippen molar-refractivity contribution in [3.8, 4) is 0 Å². The number of alkyl carbamates (subject to hydrolysis) is 1. The monoisotopic (exact) mass is 468 g/mol. The highest BCUT2D eigenvalue weighted by Crippen LogP contribution is 2.32. The van der Waals surface area contributed by atoms with Crippen LogP contribution < -0.4 is 10.6 Å². The molecule has 1 aliphatic heterocycles. The number of carbonyl (C=O) groups is 2. The topological polar surface area (TPSA) is 104 Å². The summed E-state index contributed by atoms with van der Waals surface area (Å²) >= 11 is 0. The van der Waals surface area contributed by atoms with E-state index in [-0.39, 0.29) is 11.8 Å². The van der Waals surface area contributed by atoms with Gasteiger partial charge in [-0.05, 0) is 56.4 Å². The number of aliphatic hydroxyl groups is 1. The number of benzene rings is 1. The Hall–Kier alpha value is -2.97. The lowest BCUT2D eigenvalue weighted by Crippen LogP contribution is -2.66. The van der Waals surface area contributed by atoms with Gasteiger partial charge in [-0.3, -0.25) is 15.1 Å². The Morgan fingerprint density at radius 1 is 1.18 bits per heavy atom. The molecule has 0 radical (unpaired) electrons. The lowest BCUT2D eigenvalue weighted by molar-refractivity contribution is -0.140. The summed E-state index contributed by atoms with van der Waals surface area (Å²) in [5, 5.41) is 17.8. The number of aliphatic hydroxyl groups excluding tert-OH is 1. The molecule has 0 unspecified atom stereocenters. The normalized spacial score (nSPS) is 20.3. The Morgan fingerprint density at radius 2 is 1.82 bits per heavy atom. The summed E-state index contributed by atoms with van der Waals surface area (Å²) in [6, 6.07) is 12.5. The Labute approximate surface area is 201 Å². The molecular weight excluding hydrogens is 432 g/mol. The molecule has 2 aromatic rings. The molecule has 1 fully saturated rings. The number of pyridine rings is 1. The first-order valence-electron chi connectivity index (χ1n) is 11.7. The van der Waals surface area contributed by atoms with Gasteiger partial charge in [-0.1, -0.05) is 44.2 Å². The second kappa shape index (κ2) is 10.5. The molecule has 3 rings (SSSR count). The average molecular weight is 469 g/mol. The van der Waals surface area contributed by atoms with Crippen LogP contribution in [0.3, 0.4) is 0 Å². The van der Waals surface area contributed by atoms with Gasteiger partial charge >= 0.3 is 6.09 Å². The van der Waals surface area contributed by atoms with Crippen LogP contribution >= 0.6 is 0 Å². The van der Waals surface area contributed by atoms with Crippen LogP contribution in [0.2, 0.25) is 0 Å². The zero-order chi connectivity index (χ0) is 24.9. The fraction of sp³-hybridized carbons (Fsp3) is 0.500. The molecule has 8 heteroatoms. The van der Waals surface area contributed by atoms with Gasteiger partial charge in [0, 0.05) is 18.9 Å². The quantitative estimate of drug-likeness (QED) is 0.550. The van der Waals surface area contributed by atoms with Gasteiger partial charge in [0.2, 0.25) is 5.91 Å². The summed E-state index contributed by atoms with van der Waals surface area (Å²) in [6.07, 6.45) is 1.89. The Balaban J connectivity index is 1.88. The van der Waals surface area contributed by atoms with Gasteiger partial charge in [-0.2, -0.15) is 0 Å². The second-order valence-electron chi connectivity index (χ2n) is 10.1. The van der Waals surface area contributed by atoms with Gasteiger partial charge in [0.25, 0.3) is 0 Å². The van der Waals surface area contributed by atoms with E-state index in [9.17, 15) is 14.7 Å². The van der Waals surface area contributed by atoms with Gasteiger partial charge in [0.05, 0.1) is 12.7 Å². The summed E-state index contributed by atoms with van der Waals surface area (Å²) in [5.41, 5.74) is -0.0701. The number of hydrogen-bond acceptors (Lipinski definition) is 6. The SMILES string of the molecule is CC(C)[C@@]1([C@H](O)[C@H](Cc2ccccc2)NC(=O)OC(C)(C)C)NCN(Cc2ccncc2)C1=O. The lowest BCUT2D eigenvalue weighted by Gasteiger charge is -2.40. The lowest BCUT2D eigenvalue weighted by atomic mass is 9.76. The van der Waals surface area contributed by atoms with Crippen molar-refractivity contribution in [2.75, 3.05) is 6.67 Å². The predicted octanol–water partition coefficient (Wildman–Crippen LogP) is 2.86. The Morgan fingerprint density at radius 3 is 2.41 bits per heavy atom. The molecule has 0 aliphatic carbocycles. The van der Waals surface area contributed by atoms with Crippen molar-refractivity contribution in [2.24, 2.45) is 5.92 Å². The molecule has 0 bridgehead atoms. The van der Waals surface area contributed by atoms with Gasteiger partial charge in [-0.15, -0.1) is 0 Å². The van der Waals surface area contributed by atoms with Crippen LogP contribution in [0, 0.1) is 5.92 Å². The fourth-order valence-electron chi connectivity index (χ4n) is 4.38. The van der Waals surface area contributed by atoms with Crippen LogP contribution in [0.25, 0.3) is 0 Å².